The van der Waals surface area contributed by atoms with E-state index in [2.05, 4.69) is 31.8 Å². The van der Waals surface area contributed by atoms with E-state index in [1.54, 1.807) is 48.7 Å². The minimum absolute atomic E-state index is 0.0450. The largest absolute Gasteiger partial charge is 0.491 e. The average Bonchev–Trinajstić information content (AvgIpc) is 3.74. The number of likely N-dealkylation sites (N-methyl/N-ethyl adjacent to an activating group) is 1. The number of piperazine rings is 1. The zero-order chi connectivity index (χ0) is 47.3. The van der Waals surface area contributed by atoms with E-state index in [9.17, 15) is 19.4 Å². The second kappa shape index (κ2) is 20.9. The molecule has 4 bridgehead atoms. The fourth-order valence-corrected chi connectivity index (χ4v) is 9.77. The number of fused-ring (bicyclic) bond motifs is 7. The summed E-state index contributed by atoms with van der Waals surface area (Å²) in [5, 5.41) is 30.6. The molecular formula is C51H50ClFN6O8S. The lowest BCUT2D eigenvalue weighted by atomic mass is 9.96. The zero-order valence-corrected chi connectivity index (χ0v) is 39.1. The van der Waals surface area contributed by atoms with Crippen LogP contribution in [0.3, 0.4) is 0 Å². The number of nitrogens with zero attached hydrogens (tertiary/aromatic N) is 6. The van der Waals surface area contributed by atoms with Gasteiger partial charge in [0.15, 0.2) is 5.82 Å². The SMILES string of the molecule is Cc1c2ccc(c1Cl)O[C@H](CN1CCN(C)CC1)CCc1ccc(OCc3ccnc(-c4ccc(OC[C@H](O)CO)cc4)n3)c(c1)C[C@H](C(=O)O)Oc1ncnc3sc(-c4ccc(F)cc4)c-2c13. The number of carboxylic acid groups (broad SMARTS) is 1. The maximum absolute atomic E-state index is 14.3. The second-order valence-electron chi connectivity index (χ2n) is 17.0. The number of hydrogen-bond donors (Lipinski definition) is 3. The van der Waals surface area contributed by atoms with Crippen LogP contribution in [0.2, 0.25) is 5.02 Å². The molecule has 3 aliphatic heterocycles. The Morgan fingerprint density at radius 3 is 2.50 bits per heavy atom. The summed E-state index contributed by atoms with van der Waals surface area (Å²) in [5.41, 5.74) is 5.78. The summed E-state index contributed by atoms with van der Waals surface area (Å²) in [4.78, 5) is 37.7. The summed E-state index contributed by atoms with van der Waals surface area (Å²) in [7, 11) is 2.13. The van der Waals surface area contributed by atoms with Gasteiger partial charge in [0.25, 0.3) is 0 Å². The average molecular weight is 962 g/mol. The van der Waals surface area contributed by atoms with Gasteiger partial charge in [-0.1, -0.05) is 41.9 Å². The Morgan fingerprint density at radius 1 is 0.956 bits per heavy atom. The monoisotopic (exact) mass is 960 g/mol. The molecule has 14 nitrogen and oxygen atoms in total. The normalized spacial score (nSPS) is 17.3. The number of carboxylic acids is 1. The summed E-state index contributed by atoms with van der Waals surface area (Å²) >= 11 is 8.64. The van der Waals surface area contributed by atoms with Gasteiger partial charge < -0.3 is 39.2 Å². The summed E-state index contributed by atoms with van der Waals surface area (Å²) in [6.45, 7) is 5.94. The first-order valence-electron chi connectivity index (χ1n) is 22.4. The summed E-state index contributed by atoms with van der Waals surface area (Å²) in [6.07, 6.45) is 1.55. The maximum atomic E-state index is 14.3. The third kappa shape index (κ3) is 10.7. The molecule has 3 aromatic heterocycles. The molecule has 0 amide bonds. The van der Waals surface area contributed by atoms with Crippen LogP contribution in [0.15, 0.2) is 97.5 Å². The van der Waals surface area contributed by atoms with Crippen molar-refractivity contribution in [3.05, 3.63) is 131 Å². The van der Waals surface area contributed by atoms with Crippen LogP contribution in [-0.4, -0.2) is 122 Å². The number of ether oxygens (including phenoxy) is 4. The first-order valence-corrected chi connectivity index (χ1v) is 23.6. The van der Waals surface area contributed by atoms with Crippen LogP contribution < -0.4 is 18.9 Å². The Bertz CT molecular complexity index is 2900. The summed E-state index contributed by atoms with van der Waals surface area (Å²) in [5.74, 6) is 0.479. The van der Waals surface area contributed by atoms with Crippen LogP contribution in [0.1, 0.15) is 28.8 Å². The lowest BCUT2D eigenvalue weighted by molar-refractivity contribution is -0.145. The molecule has 10 rings (SSSR count). The molecule has 3 atom stereocenters. The third-order valence-electron chi connectivity index (χ3n) is 12.2. The number of aliphatic hydroxyl groups is 2. The standard InChI is InChI=1S/C51H50ClFN6O8S/c1-30-40-14-16-42(46(30)52)66-39(25-59-21-19-58(2)20-22-59)11-3-31-4-15-41(65-27-36-17-18-54-48(57-36)33-7-12-38(13-8-33)64-28-37(61)26-60)34(23-31)24-43(51(62)63)67-49-45-44(40)47(68-50(45)56-29-55-49)32-5-9-35(53)10-6-32/h4-10,12-18,23,29,37,39,43,60-61H,3,11,19-22,24-28H2,1-2H3,(H,62,63)/t37-,39+,43-/m1/s1. The molecule has 0 radical (unpaired) electrons. The zero-order valence-electron chi connectivity index (χ0n) is 37.5. The number of aromatic nitrogens is 4. The molecule has 0 unspecified atom stereocenters. The van der Waals surface area contributed by atoms with E-state index in [0.29, 0.717) is 74.5 Å². The number of rotatable bonds is 12. The highest BCUT2D eigenvalue weighted by atomic mass is 35.5. The van der Waals surface area contributed by atoms with E-state index in [-0.39, 0.29) is 37.4 Å². The van der Waals surface area contributed by atoms with Gasteiger partial charge in [-0.05, 0) is 109 Å². The smallest absolute Gasteiger partial charge is 0.345 e. The van der Waals surface area contributed by atoms with Crippen molar-refractivity contribution < 1.29 is 43.5 Å². The Labute approximate surface area is 401 Å². The van der Waals surface area contributed by atoms with Crippen LogP contribution in [0, 0.1) is 12.7 Å². The van der Waals surface area contributed by atoms with Crippen LogP contribution in [0.25, 0.3) is 43.2 Å². The lowest BCUT2D eigenvalue weighted by Crippen LogP contribution is -2.48. The van der Waals surface area contributed by atoms with Crippen LogP contribution in [-0.2, 0) is 24.2 Å². The molecule has 1 fully saturated rings. The number of aliphatic hydroxyl groups excluding tert-OH is 2. The third-order valence-corrected chi connectivity index (χ3v) is 13.8. The molecule has 352 valence electrons. The molecular weight excluding hydrogens is 911 g/mol. The first-order chi connectivity index (χ1) is 33.0. The van der Waals surface area contributed by atoms with E-state index >= 15 is 0 Å². The minimum atomic E-state index is -1.41. The maximum Gasteiger partial charge on any atom is 0.345 e. The number of carbonyl (C=O) groups is 1. The van der Waals surface area contributed by atoms with Gasteiger partial charge in [-0.3, -0.25) is 4.90 Å². The van der Waals surface area contributed by atoms with Crippen molar-refractivity contribution in [2.24, 2.45) is 0 Å². The Hall–Kier alpha value is -6.27. The fraction of sp³-hybridized carbons (Fsp3) is 0.314. The Morgan fingerprint density at radius 2 is 1.74 bits per heavy atom. The topological polar surface area (TPSA) is 173 Å². The fourth-order valence-electron chi connectivity index (χ4n) is 8.41. The van der Waals surface area contributed by atoms with E-state index in [4.69, 9.17) is 40.6 Å². The predicted molar refractivity (Wildman–Crippen MR) is 257 cm³/mol. The second-order valence-corrected chi connectivity index (χ2v) is 18.4. The molecule has 68 heavy (non-hydrogen) atoms. The molecule has 17 heteroatoms. The number of thiophene rings is 1. The number of aryl methyl sites for hydroxylation is 1. The van der Waals surface area contributed by atoms with E-state index < -0.39 is 24.8 Å². The van der Waals surface area contributed by atoms with Crippen molar-refractivity contribution in [1.82, 2.24) is 29.7 Å². The van der Waals surface area contributed by atoms with Gasteiger partial charge in [-0.25, -0.2) is 29.1 Å². The molecule has 0 aliphatic carbocycles. The Kier molecular flexibility index (Phi) is 14.4. The van der Waals surface area contributed by atoms with Crippen molar-refractivity contribution in [1.29, 1.82) is 0 Å². The Balaban J connectivity index is 1.08. The molecule has 0 spiro atoms. The van der Waals surface area contributed by atoms with Crippen LogP contribution in [0.4, 0.5) is 4.39 Å². The molecule has 6 heterocycles. The van der Waals surface area contributed by atoms with E-state index in [1.807, 2.05) is 37.3 Å². The number of halogens is 2. The van der Waals surface area contributed by atoms with E-state index in [0.717, 1.165) is 58.9 Å². The number of hydrogen-bond acceptors (Lipinski definition) is 14. The molecule has 7 aromatic rings. The van der Waals surface area contributed by atoms with Crippen molar-refractivity contribution in [2.75, 3.05) is 53.0 Å². The van der Waals surface area contributed by atoms with Gasteiger partial charge in [0.1, 0.15) is 59.6 Å². The minimum Gasteiger partial charge on any atom is -0.491 e. The molecule has 3 N–H and O–H groups in total. The number of aliphatic carboxylic acids is 1. The first kappa shape index (κ1) is 46.8. The van der Waals surface area contributed by atoms with Gasteiger partial charge in [0.2, 0.25) is 12.0 Å². The van der Waals surface area contributed by atoms with Gasteiger partial charge in [0.05, 0.1) is 22.7 Å². The van der Waals surface area contributed by atoms with Crippen molar-refractivity contribution >= 4 is 39.1 Å². The van der Waals surface area contributed by atoms with Crippen LogP contribution >= 0.6 is 22.9 Å². The van der Waals surface area contributed by atoms with Crippen LogP contribution in [0.5, 0.6) is 23.1 Å². The summed E-state index contributed by atoms with van der Waals surface area (Å²) < 4.78 is 39.7. The van der Waals surface area contributed by atoms with Gasteiger partial charge in [-0.2, -0.15) is 0 Å². The number of benzene rings is 4. The predicted octanol–water partition coefficient (Wildman–Crippen LogP) is 7.91. The highest BCUT2D eigenvalue weighted by Gasteiger charge is 2.30. The van der Waals surface area contributed by atoms with Crippen molar-refractivity contribution in [3.63, 3.8) is 0 Å². The highest BCUT2D eigenvalue weighted by Crippen LogP contribution is 2.50. The summed E-state index contributed by atoms with van der Waals surface area (Å²) in [6, 6.07) is 24.7. The van der Waals surface area contributed by atoms with Crippen molar-refractivity contribution in [2.45, 2.75) is 51.1 Å². The lowest BCUT2D eigenvalue weighted by Gasteiger charge is -2.35. The highest BCUT2D eigenvalue weighted by molar-refractivity contribution is 7.22. The molecule has 1 saturated heterocycles. The van der Waals surface area contributed by atoms with Gasteiger partial charge in [-0.15, -0.1) is 11.3 Å². The van der Waals surface area contributed by atoms with Gasteiger partial charge in [0, 0.05) is 61.3 Å². The van der Waals surface area contributed by atoms with E-state index in [1.165, 1.54) is 29.8 Å². The van der Waals surface area contributed by atoms with Gasteiger partial charge >= 0.3 is 5.97 Å². The molecule has 4 aromatic carbocycles. The quantitative estimate of drug-likeness (QED) is 0.108. The van der Waals surface area contributed by atoms with Crippen molar-refractivity contribution in [3.8, 4) is 56.1 Å². The molecule has 3 aliphatic rings. The molecule has 0 saturated carbocycles.